The average Bonchev–Trinajstić information content (AvgIpc) is 3.18. The van der Waals surface area contributed by atoms with Gasteiger partial charge >= 0.3 is 17.9 Å². The number of unbranched alkanes of at least 4 members (excludes halogenated alkanes) is 1. The molecule has 0 aromatic heterocycles. The van der Waals surface area contributed by atoms with E-state index in [1.54, 1.807) is 0 Å². The van der Waals surface area contributed by atoms with E-state index in [1.165, 1.54) is 0 Å². The molecule has 0 heterocycles. The van der Waals surface area contributed by atoms with Crippen molar-refractivity contribution in [2.24, 2.45) is 0 Å². The summed E-state index contributed by atoms with van der Waals surface area (Å²) in [6.45, 7) is 6.44. The van der Waals surface area contributed by atoms with Crippen LogP contribution in [0.25, 0.3) is 0 Å². The van der Waals surface area contributed by atoms with Gasteiger partial charge in [-0.1, -0.05) is 0 Å². The third kappa shape index (κ3) is 27.5. The Hall–Kier alpha value is -3.12. The van der Waals surface area contributed by atoms with Crippen molar-refractivity contribution in [3.05, 3.63) is 29.1 Å². The lowest BCUT2D eigenvalue weighted by Gasteiger charge is -2.09. The number of hydrogen-bond acceptors (Lipinski definition) is 15. The number of esters is 2. The van der Waals surface area contributed by atoms with Gasteiger partial charge in [-0.25, -0.2) is 13.2 Å². The number of carbonyl (C=O) groups is 3. The van der Waals surface area contributed by atoms with Crippen molar-refractivity contribution in [3.63, 3.8) is 0 Å². The van der Waals surface area contributed by atoms with Gasteiger partial charge in [-0.2, -0.15) is 8.78 Å². The minimum atomic E-state index is -2.36. The van der Waals surface area contributed by atoms with Crippen LogP contribution >= 0.6 is 0 Å². The number of halogens is 5. The summed E-state index contributed by atoms with van der Waals surface area (Å²) in [5, 5.41) is 8.55. The van der Waals surface area contributed by atoms with E-state index < -0.39 is 53.2 Å². The van der Waals surface area contributed by atoms with Crippen LogP contribution in [0.15, 0.2) is 0 Å². The first kappa shape index (κ1) is 50.9. The van der Waals surface area contributed by atoms with Crippen molar-refractivity contribution in [3.8, 4) is 5.75 Å². The molecule has 56 heavy (non-hydrogen) atoms. The fourth-order valence-electron chi connectivity index (χ4n) is 3.91. The smallest absolute Gasteiger partial charge is 0.313 e. The Morgan fingerprint density at radius 3 is 0.982 bits per heavy atom. The second-order valence-corrected chi connectivity index (χ2v) is 11.1. The molecule has 0 aliphatic rings. The number of ether oxygens (including phenoxy) is 12. The first-order valence-corrected chi connectivity index (χ1v) is 18.0. The summed E-state index contributed by atoms with van der Waals surface area (Å²) in [6, 6.07) is 0. The highest BCUT2D eigenvalue weighted by Crippen LogP contribution is 2.29. The Labute approximate surface area is 321 Å². The van der Waals surface area contributed by atoms with Crippen molar-refractivity contribution in [1.29, 1.82) is 0 Å². The fourth-order valence-corrected chi connectivity index (χ4v) is 3.91. The molecule has 0 unspecified atom stereocenters. The molecule has 16 nitrogen and oxygen atoms in total. The summed E-state index contributed by atoms with van der Waals surface area (Å²) in [5.41, 5.74) is 0. The summed E-state index contributed by atoms with van der Waals surface area (Å²) < 4.78 is 129. The van der Waals surface area contributed by atoms with E-state index in [0.717, 1.165) is 0 Å². The van der Waals surface area contributed by atoms with Gasteiger partial charge in [0.1, 0.15) is 6.61 Å². The molecule has 324 valence electrons. The number of carbonyl (C=O) groups excluding carboxylic acids is 2. The highest BCUT2D eigenvalue weighted by atomic mass is 19.2. The van der Waals surface area contributed by atoms with Gasteiger partial charge in [0.15, 0.2) is 0 Å². The first-order valence-electron chi connectivity index (χ1n) is 18.0. The Morgan fingerprint density at radius 1 is 0.357 bits per heavy atom. The lowest BCUT2D eigenvalue weighted by atomic mass is 10.2. The maximum atomic E-state index is 13.5. The largest absolute Gasteiger partial charge is 0.481 e. The summed E-state index contributed by atoms with van der Waals surface area (Å²) >= 11 is 0. The second kappa shape index (κ2) is 35.1. The van der Waals surface area contributed by atoms with Gasteiger partial charge in [0.05, 0.1) is 139 Å². The van der Waals surface area contributed by atoms with Gasteiger partial charge in [0, 0.05) is 12.8 Å². The van der Waals surface area contributed by atoms with Gasteiger partial charge in [0.25, 0.3) is 0 Å². The molecule has 0 amide bonds. The predicted octanol–water partition coefficient (Wildman–Crippen LogP) is 3.03. The predicted molar refractivity (Wildman–Crippen MR) is 182 cm³/mol. The number of benzene rings is 1. The minimum Gasteiger partial charge on any atom is -0.481 e. The third-order valence-corrected chi connectivity index (χ3v) is 6.70. The molecule has 0 fully saturated rings. The van der Waals surface area contributed by atoms with E-state index in [1.807, 2.05) is 0 Å². The quantitative estimate of drug-likeness (QED) is 0.0255. The van der Waals surface area contributed by atoms with Crippen LogP contribution in [0.5, 0.6) is 5.75 Å². The van der Waals surface area contributed by atoms with Crippen LogP contribution in [-0.4, -0.2) is 162 Å². The lowest BCUT2D eigenvalue weighted by molar-refractivity contribution is -0.146. The molecule has 0 bridgehead atoms. The van der Waals surface area contributed by atoms with Crippen LogP contribution in [0.3, 0.4) is 0 Å². The molecule has 1 aromatic carbocycles. The average molecular weight is 825 g/mol. The van der Waals surface area contributed by atoms with Crippen LogP contribution in [0.2, 0.25) is 0 Å². The summed E-state index contributed by atoms with van der Waals surface area (Å²) in [7, 11) is 0. The Morgan fingerprint density at radius 2 is 0.643 bits per heavy atom. The van der Waals surface area contributed by atoms with E-state index >= 15 is 0 Å². The maximum Gasteiger partial charge on any atom is 0.313 e. The highest BCUT2D eigenvalue weighted by molar-refractivity contribution is 5.72. The van der Waals surface area contributed by atoms with E-state index in [4.69, 9.17) is 57.2 Å². The summed E-state index contributed by atoms with van der Waals surface area (Å²) in [5.74, 6) is -15.4. The van der Waals surface area contributed by atoms with Crippen molar-refractivity contribution in [2.75, 3.05) is 139 Å². The molecule has 1 N–H and O–H groups in total. The molecule has 1 aromatic rings. The fraction of sp³-hybridized carbons (Fsp3) is 0.743. The number of carboxylic acid groups (broad SMARTS) is 1. The number of hydrogen-bond donors (Lipinski definition) is 1. The Kier molecular flexibility index (Phi) is 31.9. The van der Waals surface area contributed by atoms with E-state index in [9.17, 15) is 36.3 Å². The first-order chi connectivity index (χ1) is 27.1. The van der Waals surface area contributed by atoms with Crippen LogP contribution < -0.4 is 4.74 Å². The zero-order valence-corrected chi connectivity index (χ0v) is 31.3. The van der Waals surface area contributed by atoms with Gasteiger partial charge < -0.3 is 61.9 Å². The normalized spacial score (nSPS) is 11.3. The Balaban J connectivity index is 1.73. The minimum absolute atomic E-state index is 0.0399. The summed E-state index contributed by atoms with van der Waals surface area (Å²) in [6.07, 6.45) is 0.652. The zero-order chi connectivity index (χ0) is 41.1. The molecular formula is C35H53F5O16. The van der Waals surface area contributed by atoms with E-state index in [2.05, 4.69) is 4.74 Å². The molecule has 0 saturated heterocycles. The van der Waals surface area contributed by atoms with Gasteiger partial charge in [0.2, 0.25) is 34.8 Å². The van der Waals surface area contributed by atoms with Crippen molar-refractivity contribution >= 4 is 17.9 Å². The van der Waals surface area contributed by atoms with Crippen molar-refractivity contribution < 1.29 is 98.3 Å². The van der Waals surface area contributed by atoms with Crippen LogP contribution in [0.1, 0.15) is 32.1 Å². The lowest BCUT2D eigenvalue weighted by Crippen LogP contribution is -2.16. The zero-order valence-electron chi connectivity index (χ0n) is 31.3. The second-order valence-electron chi connectivity index (χ2n) is 11.1. The van der Waals surface area contributed by atoms with Crippen molar-refractivity contribution in [2.45, 2.75) is 32.1 Å². The molecule has 0 radical (unpaired) electrons. The molecule has 0 aliphatic heterocycles. The third-order valence-electron chi connectivity index (χ3n) is 6.70. The molecule has 0 atom stereocenters. The van der Waals surface area contributed by atoms with Crippen LogP contribution in [0, 0.1) is 29.1 Å². The summed E-state index contributed by atoms with van der Waals surface area (Å²) in [4.78, 5) is 33.5. The SMILES string of the molecule is O=C(O)CCCCC(=O)OCCOCCOCCOCCOCCOCCOCCOCCOCCOCCOCCC(=O)Oc1c(F)c(F)c(F)c(F)c1F. The van der Waals surface area contributed by atoms with Gasteiger partial charge in [-0.15, -0.1) is 0 Å². The molecule has 1 rings (SSSR count). The van der Waals surface area contributed by atoms with Gasteiger partial charge in [-0.05, 0) is 12.8 Å². The Bertz CT molecular complexity index is 1170. The van der Waals surface area contributed by atoms with Gasteiger partial charge in [-0.3, -0.25) is 14.4 Å². The monoisotopic (exact) mass is 824 g/mol. The van der Waals surface area contributed by atoms with Crippen LogP contribution in [-0.2, 0) is 66.5 Å². The van der Waals surface area contributed by atoms with Crippen LogP contribution in [0.4, 0.5) is 22.0 Å². The number of rotatable bonds is 39. The number of aliphatic carboxylic acids is 1. The topological polar surface area (TPSA) is 182 Å². The molecule has 0 spiro atoms. The van der Waals surface area contributed by atoms with Crippen molar-refractivity contribution in [1.82, 2.24) is 0 Å². The number of carboxylic acids is 1. The molecular weight excluding hydrogens is 771 g/mol. The highest BCUT2D eigenvalue weighted by Gasteiger charge is 2.28. The molecule has 0 saturated carbocycles. The standard InChI is InChI=1S/C35H53F5O16/c36-30-31(37)33(39)35(34(40)32(30)38)56-29(44)5-6-45-7-8-46-9-10-47-11-12-48-13-14-49-15-16-50-17-18-51-19-20-52-21-22-53-23-24-54-25-26-55-28(43)4-2-1-3-27(41)42/h1-26H2,(H,41,42). The van der Waals surface area contributed by atoms with E-state index in [-0.39, 0.29) is 58.5 Å². The van der Waals surface area contributed by atoms with E-state index in [0.29, 0.717) is 112 Å². The molecule has 0 aliphatic carbocycles. The maximum absolute atomic E-state index is 13.5. The molecule has 21 heteroatoms.